The molecule has 6 heteroatoms. The van der Waals surface area contributed by atoms with Crippen molar-refractivity contribution in [3.05, 3.63) is 17.7 Å². The predicted molar refractivity (Wildman–Crippen MR) is 78.3 cm³/mol. The van der Waals surface area contributed by atoms with E-state index < -0.39 is 0 Å². The highest BCUT2D eigenvalue weighted by Crippen LogP contribution is 2.15. The number of hydrogen-bond acceptors (Lipinski definition) is 4. The van der Waals surface area contributed by atoms with Crippen LogP contribution in [0.15, 0.2) is 6.33 Å². The number of imidazole rings is 1. The van der Waals surface area contributed by atoms with Gasteiger partial charge in [0, 0.05) is 26.1 Å². The molecule has 0 saturated heterocycles. The third-order valence-electron chi connectivity index (χ3n) is 3.53. The van der Waals surface area contributed by atoms with E-state index in [-0.39, 0.29) is 17.4 Å². The second-order valence-electron chi connectivity index (χ2n) is 6.59. The van der Waals surface area contributed by atoms with Crippen molar-refractivity contribution in [3.63, 3.8) is 0 Å². The number of fused-ring (bicyclic) bond motifs is 1. The molecule has 0 spiro atoms. The first kappa shape index (κ1) is 15.0. The van der Waals surface area contributed by atoms with Gasteiger partial charge in [-0.25, -0.2) is 4.98 Å². The van der Waals surface area contributed by atoms with E-state index in [0.29, 0.717) is 19.5 Å². The molecule has 1 aliphatic heterocycles. The molecule has 2 heterocycles. The second kappa shape index (κ2) is 5.93. The standard InChI is InChI=1S/C14H25N5O/c1-14(2,8-19(3)4)7-16-13(20)11-5-10-12(6-15-11)18-9-17-10/h9,11,15H,5-8H2,1-4H3,(H,16,20)(H,17,18). The maximum absolute atomic E-state index is 12.2. The van der Waals surface area contributed by atoms with Crippen LogP contribution in [0.1, 0.15) is 25.2 Å². The zero-order chi connectivity index (χ0) is 14.8. The highest BCUT2D eigenvalue weighted by molar-refractivity contribution is 5.82. The minimum atomic E-state index is -0.180. The van der Waals surface area contributed by atoms with Gasteiger partial charge in [-0.2, -0.15) is 0 Å². The van der Waals surface area contributed by atoms with Crippen molar-refractivity contribution in [2.75, 3.05) is 27.2 Å². The van der Waals surface area contributed by atoms with Crippen molar-refractivity contribution in [2.24, 2.45) is 5.41 Å². The third-order valence-corrected chi connectivity index (χ3v) is 3.53. The van der Waals surface area contributed by atoms with Crippen LogP contribution in [-0.4, -0.2) is 54.0 Å². The largest absolute Gasteiger partial charge is 0.354 e. The number of nitrogens with one attached hydrogen (secondary N) is 3. The molecule has 20 heavy (non-hydrogen) atoms. The van der Waals surface area contributed by atoms with Crippen LogP contribution >= 0.6 is 0 Å². The molecular weight excluding hydrogens is 254 g/mol. The van der Waals surface area contributed by atoms with Crippen LogP contribution in [0.4, 0.5) is 0 Å². The molecule has 0 fully saturated rings. The minimum absolute atomic E-state index is 0.0606. The van der Waals surface area contributed by atoms with E-state index in [4.69, 9.17) is 0 Å². The van der Waals surface area contributed by atoms with Crippen LogP contribution in [0.25, 0.3) is 0 Å². The van der Waals surface area contributed by atoms with Crippen LogP contribution in [-0.2, 0) is 17.8 Å². The fourth-order valence-corrected chi connectivity index (χ4v) is 2.72. The number of carbonyl (C=O) groups excluding carboxylic acids is 1. The fourth-order valence-electron chi connectivity index (χ4n) is 2.72. The molecule has 0 aliphatic carbocycles. The minimum Gasteiger partial charge on any atom is -0.354 e. The lowest BCUT2D eigenvalue weighted by molar-refractivity contribution is -0.123. The first-order chi connectivity index (χ1) is 9.37. The van der Waals surface area contributed by atoms with Gasteiger partial charge in [-0.3, -0.25) is 10.1 Å². The Morgan fingerprint density at radius 3 is 3.00 bits per heavy atom. The normalized spacial score (nSPS) is 18.9. The summed E-state index contributed by atoms with van der Waals surface area (Å²) in [5.74, 6) is 0.0606. The summed E-state index contributed by atoms with van der Waals surface area (Å²) in [5, 5.41) is 6.30. The first-order valence-corrected chi connectivity index (χ1v) is 7.04. The quantitative estimate of drug-likeness (QED) is 0.716. The van der Waals surface area contributed by atoms with Crippen LogP contribution in [0.2, 0.25) is 0 Å². The molecule has 1 aliphatic rings. The van der Waals surface area contributed by atoms with Gasteiger partial charge in [0.1, 0.15) is 0 Å². The summed E-state index contributed by atoms with van der Waals surface area (Å²) in [6.07, 6.45) is 2.34. The van der Waals surface area contributed by atoms with Crippen molar-refractivity contribution in [1.29, 1.82) is 0 Å². The van der Waals surface area contributed by atoms with Crippen LogP contribution in [0, 0.1) is 5.41 Å². The monoisotopic (exact) mass is 279 g/mol. The van der Waals surface area contributed by atoms with Crippen molar-refractivity contribution in [2.45, 2.75) is 32.9 Å². The summed E-state index contributed by atoms with van der Waals surface area (Å²) >= 11 is 0. The molecule has 0 saturated carbocycles. The first-order valence-electron chi connectivity index (χ1n) is 7.04. The lowest BCUT2D eigenvalue weighted by Crippen LogP contribution is -2.50. The number of H-pyrrole nitrogens is 1. The number of hydrogen-bond donors (Lipinski definition) is 3. The summed E-state index contributed by atoms with van der Waals surface area (Å²) in [6, 6.07) is -0.180. The number of amides is 1. The number of rotatable bonds is 5. The average Bonchev–Trinajstić information content (AvgIpc) is 2.81. The van der Waals surface area contributed by atoms with E-state index >= 15 is 0 Å². The zero-order valence-electron chi connectivity index (χ0n) is 12.8. The zero-order valence-corrected chi connectivity index (χ0v) is 12.8. The Balaban J connectivity index is 1.84. The summed E-state index contributed by atoms with van der Waals surface area (Å²) in [5.41, 5.74) is 2.14. The summed E-state index contributed by atoms with van der Waals surface area (Å²) in [6.45, 7) is 6.61. The molecule has 1 aromatic heterocycles. The summed E-state index contributed by atoms with van der Waals surface area (Å²) in [7, 11) is 4.09. The van der Waals surface area contributed by atoms with E-state index in [1.807, 2.05) is 14.1 Å². The molecule has 1 atom stereocenters. The van der Waals surface area contributed by atoms with E-state index in [1.54, 1.807) is 6.33 Å². The Hall–Kier alpha value is -1.40. The van der Waals surface area contributed by atoms with Gasteiger partial charge >= 0.3 is 0 Å². The van der Waals surface area contributed by atoms with Gasteiger partial charge in [-0.15, -0.1) is 0 Å². The SMILES string of the molecule is CN(C)CC(C)(C)CNC(=O)C1Cc2nc[nH]c2CN1. The third kappa shape index (κ3) is 3.80. The maximum Gasteiger partial charge on any atom is 0.237 e. The van der Waals surface area contributed by atoms with Crippen molar-refractivity contribution < 1.29 is 4.79 Å². The maximum atomic E-state index is 12.2. The molecule has 6 nitrogen and oxygen atoms in total. The van der Waals surface area contributed by atoms with Crippen molar-refractivity contribution in [1.82, 2.24) is 25.5 Å². The molecule has 3 N–H and O–H groups in total. The highest BCUT2D eigenvalue weighted by atomic mass is 16.2. The Morgan fingerprint density at radius 2 is 2.30 bits per heavy atom. The van der Waals surface area contributed by atoms with E-state index in [2.05, 4.69) is 39.3 Å². The Morgan fingerprint density at radius 1 is 1.55 bits per heavy atom. The van der Waals surface area contributed by atoms with Gasteiger partial charge in [-0.05, 0) is 19.5 Å². The van der Waals surface area contributed by atoms with E-state index in [0.717, 1.165) is 17.9 Å². The Bertz CT molecular complexity index is 466. The smallest absolute Gasteiger partial charge is 0.237 e. The van der Waals surface area contributed by atoms with Crippen molar-refractivity contribution in [3.8, 4) is 0 Å². The van der Waals surface area contributed by atoms with Crippen LogP contribution < -0.4 is 10.6 Å². The summed E-state index contributed by atoms with van der Waals surface area (Å²) in [4.78, 5) is 21.7. The number of nitrogens with zero attached hydrogens (tertiary/aromatic N) is 2. The van der Waals surface area contributed by atoms with Gasteiger partial charge < -0.3 is 15.2 Å². The van der Waals surface area contributed by atoms with Crippen molar-refractivity contribution >= 4 is 5.91 Å². The molecule has 0 aromatic carbocycles. The average molecular weight is 279 g/mol. The molecule has 112 valence electrons. The Labute approximate surface area is 120 Å². The van der Waals surface area contributed by atoms with Crippen LogP contribution in [0.3, 0.4) is 0 Å². The molecule has 0 radical (unpaired) electrons. The number of aromatic amines is 1. The molecule has 1 aromatic rings. The fraction of sp³-hybridized carbons (Fsp3) is 0.714. The summed E-state index contributed by atoms with van der Waals surface area (Å²) < 4.78 is 0. The molecule has 0 bridgehead atoms. The van der Waals surface area contributed by atoms with Gasteiger partial charge in [0.2, 0.25) is 5.91 Å². The van der Waals surface area contributed by atoms with Gasteiger partial charge in [0.25, 0.3) is 0 Å². The number of aromatic nitrogens is 2. The molecule has 2 rings (SSSR count). The second-order valence-corrected chi connectivity index (χ2v) is 6.59. The van der Waals surface area contributed by atoms with Crippen LogP contribution in [0.5, 0.6) is 0 Å². The lowest BCUT2D eigenvalue weighted by Gasteiger charge is -2.30. The van der Waals surface area contributed by atoms with Gasteiger partial charge in [0.05, 0.1) is 23.8 Å². The van der Waals surface area contributed by atoms with Gasteiger partial charge in [-0.1, -0.05) is 13.8 Å². The number of carbonyl (C=O) groups is 1. The topological polar surface area (TPSA) is 73.0 Å². The van der Waals surface area contributed by atoms with E-state index in [9.17, 15) is 4.79 Å². The molecular formula is C14H25N5O. The molecule has 1 amide bonds. The predicted octanol–water partition coefficient (Wildman–Crippen LogP) is 0.128. The highest BCUT2D eigenvalue weighted by Gasteiger charge is 2.27. The molecule has 1 unspecified atom stereocenters. The lowest BCUT2D eigenvalue weighted by atomic mass is 9.92. The van der Waals surface area contributed by atoms with E-state index in [1.165, 1.54) is 0 Å². The Kier molecular flexibility index (Phi) is 4.45. The van der Waals surface area contributed by atoms with Gasteiger partial charge in [0.15, 0.2) is 0 Å².